The monoisotopic (exact) mass is 472 g/mol. The third kappa shape index (κ3) is 5.64. The van der Waals surface area contributed by atoms with Crippen LogP contribution in [0.5, 0.6) is 0 Å². The summed E-state index contributed by atoms with van der Waals surface area (Å²) in [4.78, 5) is 29.9. The summed E-state index contributed by atoms with van der Waals surface area (Å²) in [7, 11) is 0. The molecule has 0 aliphatic heterocycles. The number of anilines is 1. The zero-order valence-corrected chi connectivity index (χ0v) is 20.2. The third-order valence-electron chi connectivity index (χ3n) is 5.67. The highest BCUT2D eigenvalue weighted by Gasteiger charge is 2.35. The summed E-state index contributed by atoms with van der Waals surface area (Å²) < 4.78 is 5.69. The van der Waals surface area contributed by atoms with E-state index >= 15 is 0 Å². The van der Waals surface area contributed by atoms with Crippen LogP contribution in [0.1, 0.15) is 33.4 Å². The minimum atomic E-state index is -0.918. The van der Waals surface area contributed by atoms with Gasteiger partial charge in [0.2, 0.25) is 5.91 Å². The second kappa shape index (κ2) is 11.0. The van der Waals surface area contributed by atoms with E-state index in [1.165, 1.54) is 17.6 Å². The SMILES string of the molecule is Cc1ccc(C)c(N(C(=O)Cc2cccs2)[C@@H](C(=O)NCCc2ccccc2)c2ccco2)c1. The minimum absolute atomic E-state index is 0.157. The number of benzene rings is 2. The highest BCUT2D eigenvalue weighted by molar-refractivity contribution is 7.10. The van der Waals surface area contributed by atoms with E-state index in [4.69, 9.17) is 4.42 Å². The maximum Gasteiger partial charge on any atom is 0.251 e. The van der Waals surface area contributed by atoms with Crippen molar-refractivity contribution in [3.63, 3.8) is 0 Å². The topological polar surface area (TPSA) is 62.6 Å². The van der Waals surface area contributed by atoms with Gasteiger partial charge in [0.15, 0.2) is 6.04 Å². The molecule has 2 heterocycles. The molecule has 0 spiro atoms. The van der Waals surface area contributed by atoms with E-state index in [9.17, 15) is 9.59 Å². The Morgan fingerprint density at radius 3 is 2.53 bits per heavy atom. The van der Waals surface area contributed by atoms with E-state index in [1.54, 1.807) is 17.0 Å². The summed E-state index contributed by atoms with van der Waals surface area (Å²) in [5.74, 6) is -0.000256. The molecule has 174 valence electrons. The van der Waals surface area contributed by atoms with Crippen LogP contribution in [0, 0.1) is 13.8 Å². The molecule has 5 nitrogen and oxygen atoms in total. The van der Waals surface area contributed by atoms with Gasteiger partial charge in [0.05, 0.1) is 12.7 Å². The van der Waals surface area contributed by atoms with E-state index in [1.807, 2.05) is 79.9 Å². The molecule has 34 heavy (non-hydrogen) atoms. The highest BCUT2D eigenvalue weighted by Crippen LogP contribution is 2.32. The van der Waals surface area contributed by atoms with Crippen LogP contribution in [0.4, 0.5) is 5.69 Å². The van der Waals surface area contributed by atoms with Crippen LogP contribution >= 0.6 is 11.3 Å². The molecule has 6 heteroatoms. The Bertz CT molecular complexity index is 1220. The van der Waals surface area contributed by atoms with Crippen molar-refractivity contribution in [1.82, 2.24) is 5.32 Å². The lowest BCUT2D eigenvalue weighted by molar-refractivity contribution is -0.126. The summed E-state index contributed by atoms with van der Waals surface area (Å²) >= 11 is 1.53. The largest absolute Gasteiger partial charge is 0.467 e. The Hall–Kier alpha value is -3.64. The van der Waals surface area contributed by atoms with Gasteiger partial charge in [-0.3, -0.25) is 14.5 Å². The number of rotatable bonds is 9. The molecule has 0 radical (unpaired) electrons. The summed E-state index contributed by atoms with van der Waals surface area (Å²) in [6.45, 7) is 4.39. The number of carbonyl (C=O) groups is 2. The molecular weight excluding hydrogens is 444 g/mol. The maximum absolute atomic E-state index is 13.7. The second-order valence-electron chi connectivity index (χ2n) is 8.25. The number of thiophene rings is 1. The molecule has 1 N–H and O–H groups in total. The average molecular weight is 473 g/mol. The molecule has 2 amide bonds. The molecule has 0 bridgehead atoms. The number of carbonyl (C=O) groups excluding carboxylic acids is 2. The van der Waals surface area contributed by atoms with E-state index in [0.717, 1.165) is 21.6 Å². The predicted octanol–water partition coefficient (Wildman–Crippen LogP) is 5.63. The fraction of sp³-hybridized carbons (Fsp3) is 0.214. The first-order valence-electron chi connectivity index (χ1n) is 11.3. The van der Waals surface area contributed by atoms with Crippen LogP contribution < -0.4 is 10.2 Å². The number of hydrogen-bond donors (Lipinski definition) is 1. The van der Waals surface area contributed by atoms with Crippen molar-refractivity contribution in [1.29, 1.82) is 0 Å². The van der Waals surface area contributed by atoms with Crippen LogP contribution in [0.2, 0.25) is 0 Å². The fourth-order valence-corrected chi connectivity index (χ4v) is 4.63. The fourth-order valence-electron chi connectivity index (χ4n) is 3.94. The van der Waals surface area contributed by atoms with E-state index in [2.05, 4.69) is 5.32 Å². The van der Waals surface area contributed by atoms with Crippen molar-refractivity contribution in [3.05, 3.63) is 112 Å². The predicted molar refractivity (Wildman–Crippen MR) is 136 cm³/mol. The van der Waals surface area contributed by atoms with Gasteiger partial charge in [-0.05, 0) is 66.6 Å². The quantitative estimate of drug-likeness (QED) is 0.343. The Balaban J connectivity index is 1.67. The van der Waals surface area contributed by atoms with Crippen molar-refractivity contribution >= 4 is 28.8 Å². The Kier molecular flexibility index (Phi) is 7.60. The zero-order chi connectivity index (χ0) is 23.9. The maximum atomic E-state index is 13.7. The number of aryl methyl sites for hydroxylation is 2. The second-order valence-corrected chi connectivity index (χ2v) is 9.29. The molecule has 0 aliphatic rings. The van der Waals surface area contributed by atoms with E-state index < -0.39 is 6.04 Å². The third-order valence-corrected chi connectivity index (χ3v) is 6.55. The zero-order valence-electron chi connectivity index (χ0n) is 19.4. The molecule has 0 unspecified atom stereocenters. The number of nitrogens with one attached hydrogen (secondary N) is 1. The number of amides is 2. The lowest BCUT2D eigenvalue weighted by atomic mass is 10.0. The Labute approximate surface area is 204 Å². The smallest absolute Gasteiger partial charge is 0.251 e. The molecular formula is C28H28N2O3S. The van der Waals surface area contributed by atoms with E-state index in [0.29, 0.717) is 24.4 Å². The lowest BCUT2D eigenvalue weighted by Gasteiger charge is -2.31. The molecule has 1 atom stereocenters. The van der Waals surface area contributed by atoms with E-state index in [-0.39, 0.29) is 18.2 Å². The van der Waals surface area contributed by atoms with Gasteiger partial charge >= 0.3 is 0 Å². The molecule has 0 aliphatic carbocycles. The number of furan rings is 1. The van der Waals surface area contributed by atoms with Crippen LogP contribution in [-0.4, -0.2) is 18.4 Å². The number of hydrogen-bond acceptors (Lipinski definition) is 4. The van der Waals surface area contributed by atoms with Gasteiger partial charge in [-0.15, -0.1) is 11.3 Å². The lowest BCUT2D eigenvalue weighted by Crippen LogP contribution is -2.45. The standard InChI is InChI=1S/C28H28N2O3S/c1-20-12-13-21(2)24(18-20)30(26(31)19-23-10-7-17-34-23)27(25-11-6-16-33-25)28(32)29-15-14-22-8-4-3-5-9-22/h3-13,16-18,27H,14-15,19H2,1-2H3,(H,29,32)/t27-/m1/s1. The summed E-state index contributed by atoms with van der Waals surface area (Å²) in [5.41, 5.74) is 3.77. The molecule has 2 aromatic carbocycles. The first-order chi connectivity index (χ1) is 16.5. The van der Waals surface area contributed by atoms with Crippen molar-refractivity contribution in [2.45, 2.75) is 32.7 Å². The number of nitrogens with zero attached hydrogens (tertiary/aromatic N) is 1. The Morgan fingerprint density at radius 2 is 1.82 bits per heavy atom. The highest BCUT2D eigenvalue weighted by atomic mass is 32.1. The summed E-state index contributed by atoms with van der Waals surface area (Å²) in [5, 5.41) is 4.98. The van der Waals surface area contributed by atoms with Gasteiger partial charge in [0.25, 0.3) is 5.91 Å². The van der Waals surface area contributed by atoms with Gasteiger partial charge < -0.3 is 9.73 Å². The normalized spacial score (nSPS) is 11.7. The molecule has 4 aromatic rings. The minimum Gasteiger partial charge on any atom is -0.467 e. The molecule has 0 saturated carbocycles. The van der Waals surface area contributed by atoms with Crippen molar-refractivity contribution in [2.75, 3.05) is 11.4 Å². The summed E-state index contributed by atoms with van der Waals surface area (Å²) in [6.07, 6.45) is 2.44. The van der Waals surface area contributed by atoms with Crippen molar-refractivity contribution in [2.24, 2.45) is 0 Å². The van der Waals surface area contributed by atoms with Gasteiger partial charge in [-0.2, -0.15) is 0 Å². The van der Waals surface area contributed by atoms with Crippen molar-refractivity contribution in [3.8, 4) is 0 Å². The first kappa shape index (κ1) is 23.5. The van der Waals surface area contributed by atoms with Crippen LogP contribution in [0.25, 0.3) is 0 Å². The average Bonchev–Trinajstić information content (AvgIpc) is 3.54. The van der Waals surface area contributed by atoms with Crippen LogP contribution in [-0.2, 0) is 22.4 Å². The Morgan fingerprint density at radius 1 is 1.00 bits per heavy atom. The molecule has 0 saturated heterocycles. The molecule has 0 fully saturated rings. The molecule has 2 aromatic heterocycles. The van der Waals surface area contributed by atoms with Gasteiger partial charge in [-0.25, -0.2) is 0 Å². The summed E-state index contributed by atoms with van der Waals surface area (Å²) in [6, 6.07) is 22.4. The van der Waals surface area contributed by atoms with Gasteiger partial charge in [0.1, 0.15) is 5.76 Å². The van der Waals surface area contributed by atoms with Crippen molar-refractivity contribution < 1.29 is 14.0 Å². The van der Waals surface area contributed by atoms with Crippen LogP contribution in [0.3, 0.4) is 0 Å². The van der Waals surface area contributed by atoms with Gasteiger partial charge in [-0.1, -0.05) is 48.5 Å². The first-order valence-corrected chi connectivity index (χ1v) is 12.2. The van der Waals surface area contributed by atoms with Gasteiger partial charge in [0, 0.05) is 17.1 Å². The molecule has 4 rings (SSSR count). The van der Waals surface area contributed by atoms with Crippen LogP contribution in [0.15, 0.2) is 88.9 Å².